The number of rotatable bonds is 4. The van der Waals surface area contributed by atoms with Gasteiger partial charge >= 0.3 is 0 Å². The van der Waals surface area contributed by atoms with Gasteiger partial charge in [-0.3, -0.25) is 4.99 Å². The van der Waals surface area contributed by atoms with Crippen molar-refractivity contribution in [2.75, 3.05) is 26.8 Å². The summed E-state index contributed by atoms with van der Waals surface area (Å²) in [6.45, 7) is 4.95. The van der Waals surface area contributed by atoms with Crippen LogP contribution in [-0.2, 0) is 4.74 Å². The van der Waals surface area contributed by atoms with Crippen LogP contribution in [0.5, 0.6) is 0 Å². The summed E-state index contributed by atoms with van der Waals surface area (Å²) in [5.41, 5.74) is 1.51. The normalized spacial score (nSPS) is 27.9. The first-order valence-electron chi connectivity index (χ1n) is 8.00. The zero-order valence-electron chi connectivity index (χ0n) is 13.0. The fraction of sp³-hybridized carbons (Fsp3) is 0.812. The van der Waals surface area contributed by atoms with Crippen molar-refractivity contribution < 1.29 is 4.74 Å². The van der Waals surface area contributed by atoms with Crippen LogP contribution in [-0.4, -0.2) is 38.8 Å². The minimum atomic E-state index is 0.590. The number of guanidine groups is 1. The summed E-state index contributed by atoms with van der Waals surface area (Å²) >= 11 is 0. The molecule has 0 spiro atoms. The molecule has 2 N–H and O–H groups in total. The van der Waals surface area contributed by atoms with Crippen LogP contribution in [0, 0.1) is 5.92 Å². The average Bonchev–Trinajstić information content (AvgIpc) is 2.47. The molecule has 2 atom stereocenters. The van der Waals surface area contributed by atoms with Crippen molar-refractivity contribution in [1.29, 1.82) is 0 Å². The van der Waals surface area contributed by atoms with Crippen LogP contribution < -0.4 is 10.6 Å². The summed E-state index contributed by atoms with van der Waals surface area (Å²) in [7, 11) is 1.86. The second-order valence-corrected chi connectivity index (χ2v) is 6.05. The molecular formula is C16H29N3O. The number of nitrogens with one attached hydrogen (secondary N) is 2. The maximum Gasteiger partial charge on any atom is 0.191 e. The Bertz CT molecular complexity index is 352. The van der Waals surface area contributed by atoms with Gasteiger partial charge in [0, 0.05) is 19.6 Å². The molecule has 0 aromatic heterocycles. The second-order valence-electron chi connectivity index (χ2n) is 6.05. The predicted octanol–water partition coefficient (Wildman–Crippen LogP) is 2.47. The Morgan fingerprint density at radius 2 is 2.35 bits per heavy atom. The zero-order chi connectivity index (χ0) is 14.2. The van der Waals surface area contributed by atoms with Crippen molar-refractivity contribution in [3.63, 3.8) is 0 Å². The molecule has 0 radical (unpaired) electrons. The van der Waals surface area contributed by atoms with Crippen LogP contribution in [0.4, 0.5) is 0 Å². The summed E-state index contributed by atoms with van der Waals surface area (Å²) in [6, 6.07) is 0.590. The van der Waals surface area contributed by atoms with Crippen LogP contribution in [0.15, 0.2) is 16.6 Å². The Morgan fingerprint density at radius 3 is 3.05 bits per heavy atom. The molecule has 1 fully saturated rings. The molecule has 1 saturated carbocycles. The average molecular weight is 279 g/mol. The molecule has 2 rings (SSSR count). The Labute approximate surface area is 123 Å². The Morgan fingerprint density at radius 1 is 1.45 bits per heavy atom. The molecule has 114 valence electrons. The van der Waals surface area contributed by atoms with Gasteiger partial charge in [-0.15, -0.1) is 0 Å². The number of aliphatic imine (C=N–C) groups is 1. The molecule has 0 saturated heterocycles. The summed E-state index contributed by atoms with van der Waals surface area (Å²) < 4.78 is 5.33. The zero-order valence-corrected chi connectivity index (χ0v) is 13.0. The van der Waals surface area contributed by atoms with Gasteiger partial charge in [0.05, 0.1) is 13.2 Å². The van der Waals surface area contributed by atoms with Crippen LogP contribution in [0.3, 0.4) is 0 Å². The van der Waals surface area contributed by atoms with Crippen molar-refractivity contribution >= 4 is 5.96 Å². The maximum absolute atomic E-state index is 5.33. The third-order valence-electron chi connectivity index (χ3n) is 4.30. The largest absolute Gasteiger partial charge is 0.377 e. The molecule has 20 heavy (non-hydrogen) atoms. The molecule has 0 bridgehead atoms. The molecule has 2 aliphatic rings. The van der Waals surface area contributed by atoms with Crippen molar-refractivity contribution in [2.45, 2.75) is 51.5 Å². The van der Waals surface area contributed by atoms with Gasteiger partial charge in [-0.2, -0.15) is 0 Å². The first-order chi connectivity index (χ1) is 9.78. The molecule has 0 aromatic rings. The van der Waals surface area contributed by atoms with Gasteiger partial charge in [-0.25, -0.2) is 0 Å². The lowest BCUT2D eigenvalue weighted by Crippen LogP contribution is -2.45. The lowest BCUT2D eigenvalue weighted by atomic mass is 9.87. The van der Waals surface area contributed by atoms with Gasteiger partial charge in [-0.05, 0) is 31.6 Å². The van der Waals surface area contributed by atoms with E-state index in [1.165, 1.54) is 31.3 Å². The highest BCUT2D eigenvalue weighted by molar-refractivity contribution is 5.79. The number of nitrogens with zero attached hydrogens (tertiary/aromatic N) is 1. The first kappa shape index (κ1) is 15.4. The predicted molar refractivity (Wildman–Crippen MR) is 84.1 cm³/mol. The molecule has 0 amide bonds. The minimum absolute atomic E-state index is 0.590. The van der Waals surface area contributed by atoms with Gasteiger partial charge in [-0.1, -0.05) is 31.4 Å². The van der Waals surface area contributed by atoms with Crippen molar-refractivity contribution in [1.82, 2.24) is 10.6 Å². The van der Waals surface area contributed by atoms with Gasteiger partial charge in [0.2, 0.25) is 0 Å². The van der Waals surface area contributed by atoms with E-state index in [0.29, 0.717) is 6.04 Å². The quantitative estimate of drug-likeness (QED) is 0.472. The number of hydrogen-bond acceptors (Lipinski definition) is 2. The van der Waals surface area contributed by atoms with E-state index in [1.54, 1.807) is 0 Å². The van der Waals surface area contributed by atoms with Gasteiger partial charge in [0.1, 0.15) is 0 Å². The van der Waals surface area contributed by atoms with Gasteiger partial charge in [0.25, 0.3) is 0 Å². The number of hydrogen-bond donors (Lipinski definition) is 2. The van der Waals surface area contributed by atoms with E-state index in [0.717, 1.165) is 44.5 Å². The van der Waals surface area contributed by atoms with E-state index in [1.807, 2.05) is 7.05 Å². The topological polar surface area (TPSA) is 45.7 Å². The van der Waals surface area contributed by atoms with Crippen LogP contribution in [0.25, 0.3) is 0 Å². The summed E-state index contributed by atoms with van der Waals surface area (Å²) in [5.74, 6) is 1.79. The van der Waals surface area contributed by atoms with Crippen LogP contribution in [0.2, 0.25) is 0 Å². The molecule has 4 nitrogen and oxygen atoms in total. The summed E-state index contributed by atoms with van der Waals surface area (Å²) in [4.78, 5) is 4.34. The molecule has 2 unspecified atom stereocenters. The highest BCUT2D eigenvalue weighted by atomic mass is 16.5. The van der Waals surface area contributed by atoms with Gasteiger partial charge in [0.15, 0.2) is 5.96 Å². The molecular weight excluding hydrogens is 250 g/mol. The third kappa shape index (κ3) is 5.16. The highest BCUT2D eigenvalue weighted by Gasteiger charge is 2.19. The van der Waals surface area contributed by atoms with E-state index >= 15 is 0 Å². The van der Waals surface area contributed by atoms with E-state index in [9.17, 15) is 0 Å². The van der Waals surface area contributed by atoms with E-state index in [4.69, 9.17) is 4.74 Å². The third-order valence-corrected chi connectivity index (χ3v) is 4.30. The SMILES string of the molecule is CN=C(NCCC1=CCOCC1)NC1CCCC(C)C1. The molecule has 1 aliphatic heterocycles. The fourth-order valence-electron chi connectivity index (χ4n) is 3.09. The number of ether oxygens (including phenoxy) is 1. The monoisotopic (exact) mass is 279 g/mol. The Kier molecular flexibility index (Phi) is 6.37. The standard InChI is InChI=1S/C16H29N3O/c1-13-4-3-5-15(12-13)19-16(17-2)18-9-6-14-7-10-20-11-8-14/h7,13,15H,3-6,8-12H2,1-2H3,(H2,17,18,19). The summed E-state index contributed by atoms with van der Waals surface area (Å²) in [5, 5.41) is 7.00. The highest BCUT2D eigenvalue weighted by Crippen LogP contribution is 2.23. The summed E-state index contributed by atoms with van der Waals surface area (Å²) in [6.07, 6.45) is 9.63. The lowest BCUT2D eigenvalue weighted by Gasteiger charge is -2.29. The molecule has 0 aromatic carbocycles. The smallest absolute Gasteiger partial charge is 0.191 e. The van der Waals surface area contributed by atoms with Gasteiger partial charge < -0.3 is 15.4 Å². The molecule has 1 heterocycles. The second kappa shape index (κ2) is 8.30. The Hall–Kier alpha value is -1.03. The first-order valence-corrected chi connectivity index (χ1v) is 8.00. The van der Waals surface area contributed by atoms with Crippen molar-refractivity contribution in [3.8, 4) is 0 Å². The molecule has 4 heteroatoms. The fourth-order valence-corrected chi connectivity index (χ4v) is 3.09. The molecule has 1 aliphatic carbocycles. The van der Waals surface area contributed by atoms with E-state index in [2.05, 4.69) is 28.6 Å². The van der Waals surface area contributed by atoms with E-state index in [-0.39, 0.29) is 0 Å². The van der Waals surface area contributed by atoms with Crippen molar-refractivity contribution in [3.05, 3.63) is 11.6 Å². The van der Waals surface area contributed by atoms with Crippen LogP contribution >= 0.6 is 0 Å². The van der Waals surface area contributed by atoms with E-state index < -0.39 is 0 Å². The maximum atomic E-state index is 5.33. The minimum Gasteiger partial charge on any atom is -0.377 e. The van der Waals surface area contributed by atoms with Crippen molar-refractivity contribution in [2.24, 2.45) is 10.9 Å². The lowest BCUT2D eigenvalue weighted by molar-refractivity contribution is 0.153. The Balaban J connectivity index is 1.68. The van der Waals surface area contributed by atoms with Crippen LogP contribution in [0.1, 0.15) is 45.4 Å².